The molecule has 0 radical (unpaired) electrons. The van der Waals surface area contributed by atoms with Crippen molar-refractivity contribution in [1.82, 2.24) is 5.43 Å². The van der Waals surface area contributed by atoms with Gasteiger partial charge in [-0.15, -0.1) is 0 Å². The molecule has 2 aromatic rings. The molecule has 0 fully saturated rings. The number of rotatable bonds is 5. The van der Waals surface area contributed by atoms with Gasteiger partial charge in [-0.05, 0) is 58.2 Å². The Bertz CT molecular complexity index is 687. The highest BCUT2D eigenvalue weighted by atomic mass is 79.9. The summed E-state index contributed by atoms with van der Waals surface area (Å²) < 4.78 is 6.23. The van der Waals surface area contributed by atoms with Crippen LogP contribution in [0.1, 0.15) is 11.1 Å². The van der Waals surface area contributed by atoms with Crippen molar-refractivity contribution in [2.24, 2.45) is 5.10 Å². The molecule has 2 aromatic carbocycles. The lowest BCUT2D eigenvalue weighted by Crippen LogP contribution is -2.24. The molecule has 0 saturated carbocycles. The van der Waals surface area contributed by atoms with Crippen LogP contribution in [0.5, 0.6) is 5.75 Å². The fraction of sp³-hybridized carbons (Fsp3) is 0.125. The van der Waals surface area contributed by atoms with E-state index in [-0.39, 0.29) is 12.5 Å². The summed E-state index contributed by atoms with van der Waals surface area (Å²) >= 11 is 9.17. The van der Waals surface area contributed by atoms with Gasteiger partial charge in [0, 0.05) is 5.02 Å². The van der Waals surface area contributed by atoms with Gasteiger partial charge in [-0.2, -0.15) is 5.10 Å². The van der Waals surface area contributed by atoms with Gasteiger partial charge < -0.3 is 4.74 Å². The van der Waals surface area contributed by atoms with Gasteiger partial charge in [-0.25, -0.2) is 5.43 Å². The Hall–Kier alpha value is -1.85. The molecule has 0 unspecified atom stereocenters. The summed E-state index contributed by atoms with van der Waals surface area (Å²) in [7, 11) is 0. The molecule has 0 saturated heterocycles. The molecule has 0 aliphatic carbocycles. The van der Waals surface area contributed by atoms with Crippen LogP contribution in [0, 0.1) is 6.92 Å². The molecular weight excluding hydrogens is 368 g/mol. The molecule has 4 nitrogen and oxygen atoms in total. The first-order valence-corrected chi connectivity index (χ1v) is 7.68. The van der Waals surface area contributed by atoms with Crippen molar-refractivity contribution in [3.63, 3.8) is 0 Å². The predicted octanol–water partition coefficient (Wildman–Crippen LogP) is 3.94. The topological polar surface area (TPSA) is 50.7 Å². The first kappa shape index (κ1) is 16.5. The van der Waals surface area contributed by atoms with Crippen molar-refractivity contribution in [3.8, 4) is 5.75 Å². The largest absolute Gasteiger partial charge is 0.483 e. The molecule has 1 N–H and O–H groups in total. The van der Waals surface area contributed by atoms with E-state index in [9.17, 15) is 4.79 Å². The molecule has 0 bridgehead atoms. The number of nitrogens with zero attached hydrogens (tertiary/aromatic N) is 1. The molecule has 114 valence electrons. The lowest BCUT2D eigenvalue weighted by atomic mass is 10.2. The maximum atomic E-state index is 11.7. The highest BCUT2D eigenvalue weighted by Gasteiger charge is 2.04. The van der Waals surface area contributed by atoms with E-state index in [1.54, 1.807) is 24.3 Å². The number of aryl methyl sites for hydroxylation is 1. The number of nitrogens with one attached hydrogen (secondary N) is 1. The van der Waals surface area contributed by atoms with Crippen LogP contribution in [-0.4, -0.2) is 18.7 Å². The second kappa shape index (κ2) is 7.96. The normalized spacial score (nSPS) is 10.7. The summed E-state index contributed by atoms with van der Waals surface area (Å²) in [4.78, 5) is 11.7. The second-order valence-corrected chi connectivity index (χ2v) is 5.86. The van der Waals surface area contributed by atoms with Crippen LogP contribution >= 0.6 is 27.5 Å². The Labute approximate surface area is 142 Å². The van der Waals surface area contributed by atoms with Crippen molar-refractivity contribution < 1.29 is 9.53 Å². The Balaban J connectivity index is 1.81. The smallest absolute Gasteiger partial charge is 0.277 e. The standard InChI is InChI=1S/C16H14BrClN2O2/c1-11-2-7-15(14(17)8-11)22-10-16(21)20-19-9-12-3-5-13(18)6-4-12/h2-9H,10H2,1H3,(H,20,21)/b19-9+. The van der Waals surface area contributed by atoms with Crippen LogP contribution in [-0.2, 0) is 4.79 Å². The Morgan fingerprint density at radius 2 is 2.05 bits per heavy atom. The number of carbonyl (C=O) groups excluding carboxylic acids is 1. The monoisotopic (exact) mass is 380 g/mol. The predicted molar refractivity (Wildman–Crippen MR) is 91.6 cm³/mol. The maximum absolute atomic E-state index is 11.7. The van der Waals surface area contributed by atoms with Crippen LogP contribution in [0.3, 0.4) is 0 Å². The molecule has 0 heterocycles. The number of hydrogen-bond donors (Lipinski definition) is 1. The lowest BCUT2D eigenvalue weighted by Gasteiger charge is -2.07. The zero-order valence-corrected chi connectivity index (χ0v) is 14.2. The summed E-state index contributed by atoms with van der Waals surface area (Å²) in [6.07, 6.45) is 1.54. The third-order valence-corrected chi connectivity index (χ3v) is 3.59. The van der Waals surface area contributed by atoms with E-state index in [1.807, 2.05) is 25.1 Å². The fourth-order valence-corrected chi connectivity index (χ4v) is 2.36. The van der Waals surface area contributed by atoms with Gasteiger partial charge in [0.1, 0.15) is 5.75 Å². The van der Waals surface area contributed by atoms with Crippen LogP contribution in [0.4, 0.5) is 0 Å². The molecule has 0 atom stereocenters. The van der Waals surface area contributed by atoms with E-state index in [2.05, 4.69) is 26.5 Å². The molecule has 0 aliphatic rings. The van der Waals surface area contributed by atoms with Crippen molar-refractivity contribution >= 4 is 39.7 Å². The average molecular weight is 382 g/mol. The van der Waals surface area contributed by atoms with Crippen molar-refractivity contribution in [3.05, 3.63) is 63.1 Å². The van der Waals surface area contributed by atoms with Crippen molar-refractivity contribution in [1.29, 1.82) is 0 Å². The van der Waals surface area contributed by atoms with E-state index in [0.29, 0.717) is 10.8 Å². The van der Waals surface area contributed by atoms with Gasteiger partial charge in [0.15, 0.2) is 6.61 Å². The van der Waals surface area contributed by atoms with Gasteiger partial charge in [-0.1, -0.05) is 29.8 Å². The Morgan fingerprint density at radius 1 is 1.32 bits per heavy atom. The molecule has 0 spiro atoms. The van der Waals surface area contributed by atoms with Crippen LogP contribution in [0.25, 0.3) is 0 Å². The molecule has 6 heteroatoms. The number of carbonyl (C=O) groups is 1. The lowest BCUT2D eigenvalue weighted by molar-refractivity contribution is -0.123. The fourth-order valence-electron chi connectivity index (χ4n) is 1.63. The zero-order chi connectivity index (χ0) is 15.9. The highest BCUT2D eigenvalue weighted by Crippen LogP contribution is 2.25. The minimum Gasteiger partial charge on any atom is -0.483 e. The number of amides is 1. The van der Waals surface area contributed by atoms with Crippen LogP contribution in [0.15, 0.2) is 52.0 Å². The Kier molecular flexibility index (Phi) is 5.98. The van der Waals surface area contributed by atoms with Gasteiger partial charge in [0.25, 0.3) is 5.91 Å². The number of hydrogen-bond acceptors (Lipinski definition) is 3. The first-order chi connectivity index (χ1) is 10.5. The van der Waals surface area contributed by atoms with Gasteiger partial charge in [-0.3, -0.25) is 4.79 Å². The third-order valence-electron chi connectivity index (χ3n) is 2.72. The van der Waals surface area contributed by atoms with Crippen molar-refractivity contribution in [2.75, 3.05) is 6.61 Å². The number of benzene rings is 2. The summed E-state index contributed by atoms with van der Waals surface area (Å²) in [6, 6.07) is 12.8. The SMILES string of the molecule is Cc1ccc(OCC(=O)N/N=C/c2ccc(Cl)cc2)c(Br)c1. The maximum Gasteiger partial charge on any atom is 0.277 e. The summed E-state index contributed by atoms with van der Waals surface area (Å²) in [6.45, 7) is 1.87. The summed E-state index contributed by atoms with van der Waals surface area (Å²) in [5.41, 5.74) is 4.35. The van der Waals surface area contributed by atoms with Crippen LogP contribution in [0.2, 0.25) is 5.02 Å². The van der Waals surface area contributed by atoms with Crippen molar-refractivity contribution in [2.45, 2.75) is 6.92 Å². The molecular formula is C16H14BrClN2O2. The minimum absolute atomic E-state index is 0.111. The molecule has 0 aliphatic heterocycles. The van der Waals surface area contributed by atoms with Gasteiger partial charge >= 0.3 is 0 Å². The third kappa shape index (κ3) is 5.16. The average Bonchev–Trinajstić information content (AvgIpc) is 2.48. The van der Waals surface area contributed by atoms with Gasteiger partial charge in [0.2, 0.25) is 0 Å². The number of halogens is 2. The molecule has 2 rings (SSSR count). The Morgan fingerprint density at radius 3 is 2.73 bits per heavy atom. The number of ether oxygens (including phenoxy) is 1. The van der Waals surface area contributed by atoms with E-state index in [1.165, 1.54) is 6.21 Å². The van der Waals surface area contributed by atoms with Crippen LogP contribution < -0.4 is 10.2 Å². The second-order valence-electron chi connectivity index (χ2n) is 4.57. The molecule has 22 heavy (non-hydrogen) atoms. The van der Waals surface area contributed by atoms with Gasteiger partial charge in [0.05, 0.1) is 10.7 Å². The number of hydrazone groups is 1. The van der Waals surface area contributed by atoms with E-state index < -0.39 is 0 Å². The quantitative estimate of drug-likeness (QED) is 0.630. The first-order valence-electron chi connectivity index (χ1n) is 6.51. The summed E-state index contributed by atoms with van der Waals surface area (Å²) in [5, 5.41) is 4.51. The highest BCUT2D eigenvalue weighted by molar-refractivity contribution is 9.10. The molecule has 1 amide bonds. The van der Waals surface area contributed by atoms with E-state index in [4.69, 9.17) is 16.3 Å². The van der Waals surface area contributed by atoms with E-state index in [0.717, 1.165) is 15.6 Å². The molecule has 0 aromatic heterocycles. The summed E-state index contributed by atoms with van der Waals surface area (Å²) in [5.74, 6) is 0.278. The minimum atomic E-state index is -0.335. The zero-order valence-electron chi connectivity index (χ0n) is 11.8. The van der Waals surface area contributed by atoms with E-state index >= 15 is 0 Å².